The molecule has 1 nitrogen and oxygen atoms in total. The van der Waals surface area contributed by atoms with E-state index in [0.29, 0.717) is 22.1 Å². The van der Waals surface area contributed by atoms with Crippen molar-refractivity contribution in [1.29, 1.82) is 0 Å². The number of halogens is 4. The average Bonchev–Trinajstić information content (AvgIpc) is 2.42. The minimum Gasteiger partial charge on any atom is -0.306 e. The first kappa shape index (κ1) is 16.0. The van der Waals surface area contributed by atoms with Gasteiger partial charge in [-0.1, -0.05) is 28.9 Å². The van der Waals surface area contributed by atoms with E-state index in [1.165, 1.54) is 12.1 Å². The summed E-state index contributed by atoms with van der Waals surface area (Å²) in [5, 5.41) is 3.05. The maximum atomic E-state index is 14.2. The predicted molar refractivity (Wildman–Crippen MR) is 80.7 cm³/mol. The van der Waals surface area contributed by atoms with Crippen LogP contribution < -0.4 is 5.32 Å². The maximum absolute atomic E-state index is 14.2. The Labute approximate surface area is 130 Å². The van der Waals surface area contributed by atoms with E-state index in [-0.39, 0.29) is 5.56 Å². The third-order valence-electron chi connectivity index (χ3n) is 3.29. The molecule has 0 amide bonds. The summed E-state index contributed by atoms with van der Waals surface area (Å²) in [6, 6.07) is 6.14. The van der Waals surface area contributed by atoms with Crippen molar-refractivity contribution in [3.63, 3.8) is 0 Å². The summed E-state index contributed by atoms with van der Waals surface area (Å²) in [5.41, 5.74) is 0.854. The van der Waals surface area contributed by atoms with Gasteiger partial charge in [0.1, 0.15) is 17.5 Å². The lowest BCUT2D eigenvalue weighted by Crippen LogP contribution is -2.24. The standard InChI is InChI=1S/C16H15BrF3N/c1-3-21-16(15-11(17)5-4-6-12(15)18)10-7-9(2)13(19)8-14(10)20/h4-8,16,21H,3H2,1-2H3. The minimum atomic E-state index is -0.695. The highest BCUT2D eigenvalue weighted by molar-refractivity contribution is 9.10. The monoisotopic (exact) mass is 357 g/mol. The fourth-order valence-corrected chi connectivity index (χ4v) is 2.83. The molecule has 1 unspecified atom stereocenters. The summed E-state index contributed by atoms with van der Waals surface area (Å²) < 4.78 is 42.3. The van der Waals surface area contributed by atoms with E-state index < -0.39 is 23.5 Å². The molecule has 1 atom stereocenters. The van der Waals surface area contributed by atoms with Crippen LogP contribution in [0.1, 0.15) is 29.7 Å². The number of rotatable bonds is 4. The molecule has 0 aromatic heterocycles. The van der Waals surface area contributed by atoms with Crippen molar-refractivity contribution in [2.24, 2.45) is 0 Å². The fraction of sp³-hybridized carbons (Fsp3) is 0.250. The van der Waals surface area contributed by atoms with Gasteiger partial charge in [-0.15, -0.1) is 0 Å². The van der Waals surface area contributed by atoms with Crippen LogP contribution in [0.3, 0.4) is 0 Å². The first-order chi connectivity index (χ1) is 9.95. The molecule has 2 rings (SSSR count). The van der Waals surface area contributed by atoms with E-state index >= 15 is 0 Å². The van der Waals surface area contributed by atoms with Crippen molar-refractivity contribution in [3.05, 3.63) is 68.9 Å². The third-order valence-corrected chi connectivity index (χ3v) is 3.98. The Balaban J connectivity index is 2.62. The van der Waals surface area contributed by atoms with Crippen molar-refractivity contribution in [1.82, 2.24) is 5.32 Å². The van der Waals surface area contributed by atoms with E-state index in [1.807, 2.05) is 6.92 Å². The smallest absolute Gasteiger partial charge is 0.131 e. The fourth-order valence-electron chi connectivity index (χ4n) is 2.26. The van der Waals surface area contributed by atoms with Crippen LogP contribution in [0.25, 0.3) is 0 Å². The van der Waals surface area contributed by atoms with E-state index in [9.17, 15) is 13.2 Å². The Hall–Kier alpha value is -1.33. The molecule has 0 spiro atoms. The Morgan fingerprint density at radius 1 is 1.10 bits per heavy atom. The molecule has 5 heteroatoms. The molecule has 112 valence electrons. The zero-order chi connectivity index (χ0) is 15.6. The molecule has 0 aliphatic carbocycles. The van der Waals surface area contributed by atoms with E-state index in [1.54, 1.807) is 19.1 Å². The Morgan fingerprint density at radius 2 is 1.81 bits per heavy atom. The van der Waals surface area contributed by atoms with Gasteiger partial charge in [0, 0.05) is 21.7 Å². The van der Waals surface area contributed by atoms with Gasteiger partial charge < -0.3 is 5.32 Å². The number of hydrogen-bond acceptors (Lipinski definition) is 1. The number of aryl methyl sites for hydroxylation is 1. The van der Waals surface area contributed by atoms with Gasteiger partial charge in [0.15, 0.2) is 0 Å². The van der Waals surface area contributed by atoms with Crippen LogP contribution >= 0.6 is 15.9 Å². The largest absolute Gasteiger partial charge is 0.306 e. The van der Waals surface area contributed by atoms with Crippen LogP contribution in [0.4, 0.5) is 13.2 Å². The SMILES string of the molecule is CCNC(c1cc(C)c(F)cc1F)c1c(F)cccc1Br. The van der Waals surface area contributed by atoms with Crippen LogP contribution in [0, 0.1) is 24.4 Å². The summed E-state index contributed by atoms with van der Waals surface area (Å²) in [6.45, 7) is 3.91. The highest BCUT2D eigenvalue weighted by Gasteiger charge is 2.23. The van der Waals surface area contributed by atoms with Crippen molar-refractivity contribution in [2.45, 2.75) is 19.9 Å². The summed E-state index contributed by atoms with van der Waals surface area (Å²) >= 11 is 3.30. The summed E-state index contributed by atoms with van der Waals surface area (Å²) in [7, 11) is 0. The second-order valence-corrected chi connectivity index (χ2v) is 5.60. The molecule has 0 bridgehead atoms. The van der Waals surface area contributed by atoms with Gasteiger partial charge in [0.2, 0.25) is 0 Å². The number of nitrogens with one attached hydrogen (secondary N) is 1. The van der Waals surface area contributed by atoms with E-state index in [0.717, 1.165) is 6.07 Å². The van der Waals surface area contributed by atoms with Gasteiger partial charge in [0.05, 0.1) is 6.04 Å². The molecule has 0 radical (unpaired) electrons. The van der Waals surface area contributed by atoms with E-state index in [4.69, 9.17) is 0 Å². The molecule has 0 aliphatic heterocycles. The molecule has 1 N–H and O–H groups in total. The van der Waals surface area contributed by atoms with Gasteiger partial charge >= 0.3 is 0 Å². The normalized spacial score (nSPS) is 12.5. The minimum absolute atomic E-state index is 0.224. The van der Waals surface area contributed by atoms with Crippen LogP contribution in [0.15, 0.2) is 34.8 Å². The zero-order valence-corrected chi connectivity index (χ0v) is 13.3. The number of benzene rings is 2. The maximum Gasteiger partial charge on any atom is 0.131 e. The molecule has 0 saturated carbocycles. The van der Waals surface area contributed by atoms with E-state index in [2.05, 4.69) is 21.2 Å². The molecular formula is C16H15BrF3N. The van der Waals surface area contributed by atoms with Crippen molar-refractivity contribution >= 4 is 15.9 Å². The quantitative estimate of drug-likeness (QED) is 0.822. The van der Waals surface area contributed by atoms with Crippen molar-refractivity contribution < 1.29 is 13.2 Å². The molecule has 0 aliphatic rings. The third kappa shape index (κ3) is 3.30. The van der Waals surface area contributed by atoms with Gasteiger partial charge in [-0.2, -0.15) is 0 Å². The van der Waals surface area contributed by atoms with Crippen LogP contribution in [-0.2, 0) is 0 Å². The highest BCUT2D eigenvalue weighted by atomic mass is 79.9. The lowest BCUT2D eigenvalue weighted by Gasteiger charge is -2.22. The van der Waals surface area contributed by atoms with Crippen molar-refractivity contribution in [2.75, 3.05) is 6.54 Å². The predicted octanol–water partition coefficient (Wildman–Crippen LogP) is 4.87. The lowest BCUT2D eigenvalue weighted by atomic mass is 9.96. The topological polar surface area (TPSA) is 12.0 Å². The van der Waals surface area contributed by atoms with Crippen LogP contribution in [-0.4, -0.2) is 6.54 Å². The van der Waals surface area contributed by atoms with Gasteiger partial charge in [-0.05, 0) is 37.2 Å². The summed E-state index contributed by atoms with van der Waals surface area (Å²) in [6.07, 6.45) is 0. The Bertz CT molecular complexity index is 638. The first-order valence-electron chi connectivity index (χ1n) is 6.58. The summed E-state index contributed by atoms with van der Waals surface area (Å²) in [5.74, 6) is -1.75. The second kappa shape index (κ2) is 6.62. The molecule has 0 heterocycles. The van der Waals surface area contributed by atoms with Crippen molar-refractivity contribution in [3.8, 4) is 0 Å². The molecule has 0 fully saturated rings. The van der Waals surface area contributed by atoms with Crippen LogP contribution in [0.2, 0.25) is 0 Å². The second-order valence-electron chi connectivity index (χ2n) is 4.75. The van der Waals surface area contributed by atoms with Gasteiger partial charge in [0.25, 0.3) is 0 Å². The molecule has 21 heavy (non-hydrogen) atoms. The first-order valence-corrected chi connectivity index (χ1v) is 7.37. The highest BCUT2D eigenvalue weighted by Crippen LogP contribution is 2.33. The molecule has 2 aromatic rings. The van der Waals surface area contributed by atoms with Gasteiger partial charge in [-0.3, -0.25) is 0 Å². The molecule has 2 aromatic carbocycles. The average molecular weight is 358 g/mol. The lowest BCUT2D eigenvalue weighted by molar-refractivity contribution is 0.518. The Morgan fingerprint density at radius 3 is 2.43 bits per heavy atom. The zero-order valence-electron chi connectivity index (χ0n) is 11.7. The van der Waals surface area contributed by atoms with Crippen LogP contribution in [0.5, 0.6) is 0 Å². The molecular weight excluding hydrogens is 343 g/mol. The van der Waals surface area contributed by atoms with Gasteiger partial charge in [-0.25, -0.2) is 13.2 Å². The Kier molecular flexibility index (Phi) is 5.06. The summed E-state index contributed by atoms with van der Waals surface area (Å²) in [4.78, 5) is 0. The number of hydrogen-bond donors (Lipinski definition) is 1. The molecule has 0 saturated heterocycles.